The SMILES string of the molecule is CCOC(=O)C1CCCN(C(=O)CN2C(=O)COc3ccc(Cl)cc32)C1. The van der Waals surface area contributed by atoms with Gasteiger partial charge in [0.2, 0.25) is 5.91 Å². The van der Waals surface area contributed by atoms with Crippen LogP contribution in [0.5, 0.6) is 5.75 Å². The molecule has 140 valence electrons. The van der Waals surface area contributed by atoms with Crippen molar-refractivity contribution in [2.75, 3.05) is 37.7 Å². The molecule has 26 heavy (non-hydrogen) atoms. The number of halogens is 1. The third-order valence-electron chi connectivity index (χ3n) is 4.55. The maximum Gasteiger partial charge on any atom is 0.310 e. The molecule has 2 aliphatic rings. The number of esters is 1. The van der Waals surface area contributed by atoms with Crippen LogP contribution in [-0.2, 0) is 19.1 Å². The van der Waals surface area contributed by atoms with Gasteiger partial charge in [-0.25, -0.2) is 0 Å². The van der Waals surface area contributed by atoms with Gasteiger partial charge in [-0.05, 0) is 38.0 Å². The Morgan fingerprint density at radius 1 is 1.38 bits per heavy atom. The predicted octanol–water partition coefficient (Wildman–Crippen LogP) is 1.87. The van der Waals surface area contributed by atoms with E-state index in [0.717, 1.165) is 6.42 Å². The van der Waals surface area contributed by atoms with E-state index in [0.29, 0.717) is 42.6 Å². The molecule has 1 unspecified atom stereocenters. The number of benzene rings is 1. The molecule has 3 rings (SSSR count). The van der Waals surface area contributed by atoms with Crippen molar-refractivity contribution in [3.8, 4) is 5.75 Å². The first-order valence-electron chi connectivity index (χ1n) is 8.66. The monoisotopic (exact) mass is 380 g/mol. The Morgan fingerprint density at radius 2 is 2.19 bits per heavy atom. The molecule has 0 aliphatic carbocycles. The van der Waals surface area contributed by atoms with E-state index in [-0.39, 0.29) is 36.9 Å². The fourth-order valence-electron chi connectivity index (χ4n) is 3.24. The Morgan fingerprint density at radius 3 is 2.96 bits per heavy atom. The fourth-order valence-corrected chi connectivity index (χ4v) is 3.41. The summed E-state index contributed by atoms with van der Waals surface area (Å²) in [5, 5.41) is 0.458. The summed E-state index contributed by atoms with van der Waals surface area (Å²) in [6.45, 7) is 2.74. The van der Waals surface area contributed by atoms with Gasteiger partial charge in [-0.3, -0.25) is 19.3 Å². The minimum Gasteiger partial charge on any atom is -0.482 e. The highest BCUT2D eigenvalue weighted by atomic mass is 35.5. The normalized spacial score (nSPS) is 19.6. The Labute approximate surface area is 156 Å². The van der Waals surface area contributed by atoms with E-state index in [1.165, 1.54) is 4.90 Å². The summed E-state index contributed by atoms with van der Waals surface area (Å²) in [5.41, 5.74) is 0.487. The summed E-state index contributed by atoms with van der Waals surface area (Å²) in [5.74, 6) is -0.573. The third kappa shape index (κ3) is 3.93. The van der Waals surface area contributed by atoms with Gasteiger partial charge in [-0.2, -0.15) is 0 Å². The fraction of sp³-hybridized carbons (Fsp3) is 0.500. The summed E-state index contributed by atoms with van der Waals surface area (Å²) >= 11 is 6.02. The smallest absolute Gasteiger partial charge is 0.310 e. The van der Waals surface area contributed by atoms with Crippen molar-refractivity contribution in [1.82, 2.24) is 4.90 Å². The maximum absolute atomic E-state index is 12.7. The van der Waals surface area contributed by atoms with Gasteiger partial charge in [0.05, 0.1) is 18.2 Å². The first-order valence-corrected chi connectivity index (χ1v) is 9.04. The largest absolute Gasteiger partial charge is 0.482 e. The third-order valence-corrected chi connectivity index (χ3v) is 4.79. The number of hydrogen-bond acceptors (Lipinski definition) is 5. The molecule has 1 saturated heterocycles. The summed E-state index contributed by atoms with van der Waals surface area (Å²) < 4.78 is 10.5. The molecule has 1 aromatic rings. The lowest BCUT2D eigenvalue weighted by Crippen LogP contribution is -2.49. The zero-order chi connectivity index (χ0) is 18.7. The lowest BCUT2D eigenvalue weighted by Gasteiger charge is -2.34. The van der Waals surface area contributed by atoms with Crippen molar-refractivity contribution in [3.63, 3.8) is 0 Å². The van der Waals surface area contributed by atoms with E-state index >= 15 is 0 Å². The molecule has 1 fully saturated rings. The second-order valence-corrected chi connectivity index (χ2v) is 6.75. The Balaban J connectivity index is 1.71. The van der Waals surface area contributed by atoms with Gasteiger partial charge >= 0.3 is 5.97 Å². The van der Waals surface area contributed by atoms with E-state index in [9.17, 15) is 14.4 Å². The van der Waals surface area contributed by atoms with E-state index in [2.05, 4.69) is 0 Å². The highest BCUT2D eigenvalue weighted by Gasteiger charge is 2.33. The van der Waals surface area contributed by atoms with Crippen molar-refractivity contribution in [3.05, 3.63) is 23.2 Å². The van der Waals surface area contributed by atoms with Crippen molar-refractivity contribution in [1.29, 1.82) is 0 Å². The average Bonchev–Trinajstić information content (AvgIpc) is 2.64. The first kappa shape index (κ1) is 18.5. The number of likely N-dealkylation sites (tertiary alicyclic amines) is 1. The molecule has 0 spiro atoms. The number of rotatable bonds is 4. The van der Waals surface area contributed by atoms with E-state index < -0.39 is 0 Å². The number of piperidine rings is 1. The average molecular weight is 381 g/mol. The van der Waals surface area contributed by atoms with Crippen LogP contribution in [0.4, 0.5) is 5.69 Å². The summed E-state index contributed by atoms with van der Waals surface area (Å²) in [6, 6.07) is 4.96. The molecule has 0 N–H and O–H groups in total. The summed E-state index contributed by atoms with van der Waals surface area (Å²) in [7, 11) is 0. The first-order chi connectivity index (χ1) is 12.5. The highest BCUT2D eigenvalue weighted by Crippen LogP contribution is 2.34. The minimum absolute atomic E-state index is 0.106. The molecule has 1 atom stereocenters. The van der Waals surface area contributed by atoms with E-state index in [1.807, 2.05) is 0 Å². The van der Waals surface area contributed by atoms with Gasteiger partial charge in [0.1, 0.15) is 12.3 Å². The summed E-state index contributed by atoms with van der Waals surface area (Å²) in [6.07, 6.45) is 1.44. The molecule has 2 amide bonds. The van der Waals surface area contributed by atoms with Gasteiger partial charge in [0.15, 0.2) is 6.61 Å². The molecule has 0 saturated carbocycles. The van der Waals surface area contributed by atoms with Crippen molar-refractivity contribution in [2.45, 2.75) is 19.8 Å². The molecule has 0 bridgehead atoms. The van der Waals surface area contributed by atoms with Crippen LogP contribution < -0.4 is 9.64 Å². The number of amides is 2. The number of anilines is 1. The van der Waals surface area contributed by atoms with Crippen molar-refractivity contribution >= 4 is 35.1 Å². The van der Waals surface area contributed by atoms with Gasteiger partial charge in [-0.1, -0.05) is 11.6 Å². The number of ether oxygens (including phenoxy) is 2. The summed E-state index contributed by atoms with van der Waals surface area (Å²) in [4.78, 5) is 40.0. The molecule has 2 aliphatic heterocycles. The number of carbonyl (C=O) groups excluding carboxylic acids is 3. The zero-order valence-corrected chi connectivity index (χ0v) is 15.3. The van der Waals surface area contributed by atoms with Gasteiger partial charge in [0.25, 0.3) is 5.91 Å². The quantitative estimate of drug-likeness (QED) is 0.745. The lowest BCUT2D eigenvalue weighted by atomic mass is 9.98. The van der Waals surface area contributed by atoms with Crippen LogP contribution in [0.15, 0.2) is 18.2 Å². The van der Waals surface area contributed by atoms with Crippen LogP contribution in [-0.4, -0.2) is 55.5 Å². The molecule has 1 aromatic carbocycles. The van der Waals surface area contributed by atoms with Crippen LogP contribution in [0.3, 0.4) is 0 Å². The van der Waals surface area contributed by atoms with E-state index in [1.54, 1.807) is 30.0 Å². The van der Waals surface area contributed by atoms with Crippen molar-refractivity contribution < 1.29 is 23.9 Å². The number of fused-ring (bicyclic) bond motifs is 1. The highest BCUT2D eigenvalue weighted by molar-refractivity contribution is 6.31. The number of nitrogens with zero attached hydrogens (tertiary/aromatic N) is 2. The van der Waals surface area contributed by atoms with Crippen LogP contribution >= 0.6 is 11.6 Å². The van der Waals surface area contributed by atoms with Crippen LogP contribution in [0, 0.1) is 5.92 Å². The maximum atomic E-state index is 12.7. The van der Waals surface area contributed by atoms with Crippen molar-refractivity contribution in [2.24, 2.45) is 5.92 Å². The minimum atomic E-state index is -0.310. The Kier molecular flexibility index (Phi) is 5.66. The molecule has 7 nitrogen and oxygen atoms in total. The van der Waals surface area contributed by atoms with Crippen LogP contribution in [0.25, 0.3) is 0 Å². The Hall–Kier alpha value is -2.28. The lowest BCUT2D eigenvalue weighted by molar-refractivity contribution is -0.151. The zero-order valence-electron chi connectivity index (χ0n) is 14.6. The molecule has 0 aromatic heterocycles. The molecule has 2 heterocycles. The second kappa shape index (κ2) is 7.95. The molecule has 0 radical (unpaired) electrons. The number of hydrogen-bond donors (Lipinski definition) is 0. The molecular formula is C18H21ClN2O5. The second-order valence-electron chi connectivity index (χ2n) is 6.31. The van der Waals surface area contributed by atoms with Gasteiger partial charge < -0.3 is 14.4 Å². The van der Waals surface area contributed by atoms with E-state index in [4.69, 9.17) is 21.1 Å². The van der Waals surface area contributed by atoms with Crippen LogP contribution in [0.1, 0.15) is 19.8 Å². The standard InChI is InChI=1S/C18H21ClN2O5/c1-2-25-18(24)12-4-3-7-20(9-12)16(22)10-21-14-8-13(19)5-6-15(14)26-11-17(21)23/h5-6,8,12H,2-4,7,9-11H2,1H3. The molecule has 8 heteroatoms. The predicted molar refractivity (Wildman–Crippen MR) is 95.2 cm³/mol. The van der Waals surface area contributed by atoms with Crippen LogP contribution in [0.2, 0.25) is 5.02 Å². The van der Waals surface area contributed by atoms with Gasteiger partial charge in [0, 0.05) is 18.1 Å². The topological polar surface area (TPSA) is 76.2 Å². The Bertz CT molecular complexity index is 724. The van der Waals surface area contributed by atoms with Gasteiger partial charge in [-0.15, -0.1) is 0 Å². The molecular weight excluding hydrogens is 360 g/mol. The number of carbonyl (C=O) groups is 3.